The van der Waals surface area contributed by atoms with Crippen LogP contribution in [0.1, 0.15) is 40.3 Å². The van der Waals surface area contributed by atoms with Gasteiger partial charge in [-0.3, -0.25) is 40.9 Å². The summed E-state index contributed by atoms with van der Waals surface area (Å²) in [4.78, 5) is 52.7. The molecular weight excluding hydrogens is 402 g/mol. The van der Waals surface area contributed by atoms with E-state index in [0.717, 1.165) is 0 Å². The van der Waals surface area contributed by atoms with E-state index >= 15 is 0 Å². The third kappa shape index (κ3) is 4.78. The maximum atomic E-state index is 12.1. The number of thiophene rings is 2. The predicted molar refractivity (Wildman–Crippen MR) is 103 cm³/mol. The molecule has 28 heavy (non-hydrogen) atoms. The molecule has 0 aliphatic heterocycles. The molecule has 11 heteroatoms. The van der Waals surface area contributed by atoms with Gasteiger partial charge in [0.25, 0.3) is 23.6 Å². The summed E-state index contributed by atoms with van der Waals surface area (Å²) in [5.74, 6) is -2.31. The Morgan fingerprint density at radius 3 is 1.43 bits per heavy atom. The Bertz CT molecular complexity index is 925. The van der Waals surface area contributed by atoms with Crippen molar-refractivity contribution in [2.45, 2.75) is 0 Å². The van der Waals surface area contributed by atoms with Crippen LogP contribution in [0.5, 0.6) is 0 Å². The van der Waals surface area contributed by atoms with Gasteiger partial charge in [0, 0.05) is 0 Å². The summed E-state index contributed by atoms with van der Waals surface area (Å²) in [7, 11) is 0. The molecule has 0 unspecified atom stereocenters. The van der Waals surface area contributed by atoms with Crippen LogP contribution in [0.15, 0.2) is 53.2 Å². The highest BCUT2D eigenvalue weighted by atomic mass is 32.1. The lowest BCUT2D eigenvalue weighted by molar-refractivity contribution is 0.0839. The SMILES string of the molecule is O=C(NNC(=O)c1cccs1)c1cccc(C(=O)NNC(=O)c2cccs2)n1. The summed E-state index contributed by atoms with van der Waals surface area (Å²) < 4.78 is 0. The smallest absolute Gasteiger partial charge is 0.266 e. The number of nitrogens with one attached hydrogen (secondary N) is 4. The number of carbonyl (C=O) groups excluding carboxylic acids is 4. The van der Waals surface area contributed by atoms with E-state index in [9.17, 15) is 19.2 Å². The number of aromatic nitrogens is 1. The zero-order chi connectivity index (χ0) is 19.9. The molecule has 0 saturated carbocycles. The molecular formula is C17H13N5O4S2. The quantitative estimate of drug-likeness (QED) is 0.478. The molecule has 0 bridgehead atoms. The monoisotopic (exact) mass is 415 g/mol. The maximum absolute atomic E-state index is 12.1. The Morgan fingerprint density at radius 1 is 0.607 bits per heavy atom. The van der Waals surface area contributed by atoms with Gasteiger partial charge in [-0.1, -0.05) is 18.2 Å². The molecule has 0 aromatic carbocycles. The summed E-state index contributed by atoms with van der Waals surface area (Å²) in [6, 6.07) is 10.9. The van der Waals surface area contributed by atoms with Crippen molar-refractivity contribution >= 4 is 46.3 Å². The summed E-state index contributed by atoms with van der Waals surface area (Å²) in [5, 5.41) is 3.47. The second-order valence-corrected chi connectivity index (χ2v) is 7.07. The van der Waals surface area contributed by atoms with E-state index < -0.39 is 23.6 Å². The van der Waals surface area contributed by atoms with Crippen molar-refractivity contribution < 1.29 is 19.2 Å². The van der Waals surface area contributed by atoms with Gasteiger partial charge < -0.3 is 0 Å². The summed E-state index contributed by atoms with van der Waals surface area (Å²) in [6.07, 6.45) is 0. The first-order valence-electron chi connectivity index (χ1n) is 7.80. The van der Waals surface area contributed by atoms with Crippen LogP contribution < -0.4 is 21.7 Å². The molecule has 3 aromatic rings. The lowest BCUT2D eigenvalue weighted by Crippen LogP contribution is -2.43. The van der Waals surface area contributed by atoms with E-state index in [1.807, 2.05) is 0 Å². The Hall–Kier alpha value is -3.57. The van der Waals surface area contributed by atoms with E-state index in [-0.39, 0.29) is 11.4 Å². The Kier molecular flexibility index (Phi) is 6.09. The number of pyridine rings is 1. The topological polar surface area (TPSA) is 129 Å². The average molecular weight is 415 g/mol. The Balaban J connectivity index is 1.56. The molecule has 0 aliphatic carbocycles. The molecule has 4 amide bonds. The number of hydrazine groups is 2. The molecule has 4 N–H and O–H groups in total. The Labute approximate surface area is 166 Å². The predicted octanol–water partition coefficient (Wildman–Crippen LogP) is 1.35. The van der Waals surface area contributed by atoms with Gasteiger partial charge >= 0.3 is 0 Å². The number of amides is 4. The molecule has 3 rings (SSSR count). The van der Waals surface area contributed by atoms with Crippen LogP contribution in [0.2, 0.25) is 0 Å². The number of nitrogens with zero attached hydrogens (tertiary/aromatic N) is 1. The van der Waals surface area contributed by atoms with Gasteiger partial charge in [-0.25, -0.2) is 4.98 Å². The van der Waals surface area contributed by atoms with Crippen molar-refractivity contribution in [3.05, 3.63) is 74.4 Å². The van der Waals surface area contributed by atoms with Gasteiger partial charge in [-0.2, -0.15) is 0 Å². The Morgan fingerprint density at radius 2 is 1.04 bits per heavy atom. The minimum absolute atomic E-state index is 0.0799. The van der Waals surface area contributed by atoms with Gasteiger partial charge in [0.1, 0.15) is 11.4 Å². The first-order chi connectivity index (χ1) is 13.5. The lowest BCUT2D eigenvalue weighted by atomic mass is 10.3. The van der Waals surface area contributed by atoms with Gasteiger partial charge in [0.15, 0.2) is 0 Å². The molecule has 0 radical (unpaired) electrons. The third-order valence-corrected chi connectivity index (χ3v) is 5.02. The lowest BCUT2D eigenvalue weighted by Gasteiger charge is -2.08. The minimum Gasteiger partial charge on any atom is -0.266 e. The van der Waals surface area contributed by atoms with Crippen LogP contribution in [0.3, 0.4) is 0 Å². The molecule has 0 saturated heterocycles. The van der Waals surface area contributed by atoms with E-state index in [4.69, 9.17) is 0 Å². The highest BCUT2D eigenvalue weighted by molar-refractivity contribution is 7.12. The largest absolute Gasteiger partial charge is 0.288 e. The van der Waals surface area contributed by atoms with Crippen molar-refractivity contribution in [1.82, 2.24) is 26.7 Å². The summed E-state index contributed by atoms with van der Waals surface area (Å²) in [5.41, 5.74) is 8.82. The molecule has 0 spiro atoms. The highest BCUT2D eigenvalue weighted by Crippen LogP contribution is 2.08. The van der Waals surface area contributed by atoms with Crippen molar-refractivity contribution in [2.24, 2.45) is 0 Å². The number of rotatable bonds is 4. The van der Waals surface area contributed by atoms with E-state index in [2.05, 4.69) is 26.7 Å². The second-order valence-electron chi connectivity index (χ2n) is 5.18. The van der Waals surface area contributed by atoms with Crippen molar-refractivity contribution in [3.8, 4) is 0 Å². The first-order valence-corrected chi connectivity index (χ1v) is 9.56. The number of carbonyl (C=O) groups is 4. The fourth-order valence-corrected chi connectivity index (χ4v) is 3.22. The van der Waals surface area contributed by atoms with Gasteiger partial charge in [-0.15, -0.1) is 22.7 Å². The molecule has 0 atom stereocenters. The van der Waals surface area contributed by atoms with Gasteiger partial charge in [0.05, 0.1) is 9.75 Å². The summed E-state index contributed by atoms with van der Waals surface area (Å²) in [6.45, 7) is 0. The number of hydrogen-bond donors (Lipinski definition) is 4. The third-order valence-electron chi connectivity index (χ3n) is 3.28. The van der Waals surface area contributed by atoms with Crippen LogP contribution in [-0.2, 0) is 0 Å². The first kappa shape index (κ1) is 19.2. The van der Waals surface area contributed by atoms with Crippen LogP contribution in [0.25, 0.3) is 0 Å². The van der Waals surface area contributed by atoms with Gasteiger partial charge in [-0.05, 0) is 35.0 Å². The standard InChI is InChI=1S/C17H13N5O4S2/c23-14(19-21-16(25)12-6-2-8-27-12)10-4-1-5-11(18-10)15(24)20-22-17(26)13-7-3-9-28-13/h1-9H,(H,19,23)(H,20,24)(H,21,25)(H,22,26). The van der Waals surface area contributed by atoms with E-state index in [1.165, 1.54) is 40.9 Å². The molecule has 0 aliphatic rings. The zero-order valence-corrected chi connectivity index (χ0v) is 15.7. The van der Waals surface area contributed by atoms with Gasteiger partial charge in [0.2, 0.25) is 0 Å². The fraction of sp³-hybridized carbons (Fsp3) is 0. The number of hydrogen-bond acceptors (Lipinski definition) is 7. The van der Waals surface area contributed by atoms with Crippen molar-refractivity contribution in [1.29, 1.82) is 0 Å². The maximum Gasteiger partial charge on any atom is 0.288 e. The second kappa shape index (κ2) is 8.88. The van der Waals surface area contributed by atoms with Crippen LogP contribution in [0.4, 0.5) is 0 Å². The van der Waals surface area contributed by atoms with E-state index in [1.54, 1.807) is 35.0 Å². The molecule has 142 valence electrons. The summed E-state index contributed by atoms with van der Waals surface area (Å²) >= 11 is 2.45. The molecule has 0 fully saturated rings. The molecule has 3 aromatic heterocycles. The van der Waals surface area contributed by atoms with E-state index in [0.29, 0.717) is 9.75 Å². The normalized spacial score (nSPS) is 10.0. The average Bonchev–Trinajstić information content (AvgIpc) is 3.43. The van der Waals surface area contributed by atoms with Crippen LogP contribution in [0, 0.1) is 0 Å². The minimum atomic E-state index is -0.692. The fourth-order valence-electron chi connectivity index (χ4n) is 1.98. The highest BCUT2D eigenvalue weighted by Gasteiger charge is 2.15. The van der Waals surface area contributed by atoms with Crippen LogP contribution >= 0.6 is 22.7 Å². The van der Waals surface area contributed by atoms with Crippen molar-refractivity contribution in [2.75, 3.05) is 0 Å². The molecule has 9 nitrogen and oxygen atoms in total. The molecule has 3 heterocycles. The zero-order valence-electron chi connectivity index (χ0n) is 14.1. The van der Waals surface area contributed by atoms with Crippen molar-refractivity contribution in [3.63, 3.8) is 0 Å². The van der Waals surface area contributed by atoms with Crippen LogP contribution in [-0.4, -0.2) is 28.6 Å².